The Hall–Kier alpha value is -2.64. The molecule has 2 aromatic heterocycles. The quantitative estimate of drug-likeness (QED) is 0.574. The second kappa shape index (κ2) is 7.18. The van der Waals surface area contributed by atoms with Crippen molar-refractivity contribution < 1.29 is 27.7 Å². The minimum Gasteiger partial charge on any atom is -0.382 e. The van der Waals surface area contributed by atoms with Crippen molar-refractivity contribution in [3.05, 3.63) is 42.5 Å². The molecule has 1 aromatic carbocycles. The maximum Gasteiger partial charge on any atom is 0.207 e. The van der Waals surface area contributed by atoms with Crippen LogP contribution < -0.4 is 5.73 Å². The fourth-order valence-corrected chi connectivity index (χ4v) is 5.92. The largest absolute Gasteiger partial charge is 0.382 e. The molecular formula is C20H23N5O6S. The standard InChI is InChI=1S/C20H23N5O6S/c1-10-6-4-5-7-11(10)32(27,28)19(26)15-13-14(31-20(2,3)30-13)18(29-15)25-9-24-12-16(21)22-8-23-17(12)25/h4-9,13-15,18-19,26H,1-3H3,(H2,21,22,23)/t13-,14+,15-,18+,19?/m0/s1. The van der Waals surface area contributed by atoms with E-state index in [4.69, 9.17) is 19.9 Å². The molecule has 2 fully saturated rings. The lowest BCUT2D eigenvalue weighted by Gasteiger charge is -2.27. The molecule has 1 unspecified atom stereocenters. The fraction of sp³-hybridized carbons (Fsp3) is 0.450. The van der Waals surface area contributed by atoms with Crippen LogP contribution in [0, 0.1) is 6.92 Å². The van der Waals surface area contributed by atoms with Gasteiger partial charge in [-0.3, -0.25) is 4.57 Å². The van der Waals surface area contributed by atoms with Gasteiger partial charge in [0.1, 0.15) is 30.2 Å². The molecule has 2 aliphatic heterocycles. The van der Waals surface area contributed by atoms with Gasteiger partial charge < -0.3 is 25.1 Å². The van der Waals surface area contributed by atoms with Gasteiger partial charge in [0.05, 0.1) is 11.2 Å². The number of nitrogens with two attached hydrogens (primary N) is 1. The highest BCUT2D eigenvalue weighted by Crippen LogP contribution is 2.45. The van der Waals surface area contributed by atoms with E-state index in [-0.39, 0.29) is 10.7 Å². The molecule has 0 saturated carbocycles. The number of nitrogen functional groups attached to an aromatic ring is 1. The highest BCUT2D eigenvalue weighted by molar-refractivity contribution is 7.92. The summed E-state index contributed by atoms with van der Waals surface area (Å²) in [4.78, 5) is 12.4. The van der Waals surface area contributed by atoms with Crippen LogP contribution in [0.3, 0.4) is 0 Å². The highest BCUT2D eigenvalue weighted by Gasteiger charge is 2.60. The molecule has 170 valence electrons. The monoisotopic (exact) mass is 461 g/mol. The Balaban J connectivity index is 1.55. The molecule has 5 rings (SSSR count). The lowest BCUT2D eigenvalue weighted by atomic mass is 10.1. The number of nitrogens with zero attached hydrogens (tertiary/aromatic N) is 4. The van der Waals surface area contributed by atoms with E-state index in [0.717, 1.165) is 0 Å². The zero-order valence-electron chi connectivity index (χ0n) is 17.6. The van der Waals surface area contributed by atoms with Crippen LogP contribution in [0.25, 0.3) is 11.2 Å². The Kier molecular flexibility index (Phi) is 4.76. The molecule has 4 heterocycles. The predicted octanol–water partition coefficient (Wildman–Crippen LogP) is 0.927. The van der Waals surface area contributed by atoms with Gasteiger partial charge in [-0.1, -0.05) is 18.2 Å². The fourth-order valence-electron chi connectivity index (χ4n) is 4.30. The Morgan fingerprint density at radius 3 is 2.62 bits per heavy atom. The minimum absolute atomic E-state index is 0.0304. The van der Waals surface area contributed by atoms with Crippen LogP contribution in [-0.4, -0.2) is 62.6 Å². The average molecular weight is 462 g/mol. The lowest BCUT2D eigenvalue weighted by Crippen LogP contribution is -2.43. The van der Waals surface area contributed by atoms with E-state index in [9.17, 15) is 13.5 Å². The van der Waals surface area contributed by atoms with E-state index in [1.54, 1.807) is 43.5 Å². The van der Waals surface area contributed by atoms with Crippen LogP contribution in [0.5, 0.6) is 0 Å². The number of aliphatic hydroxyl groups is 1. The molecule has 0 radical (unpaired) electrons. The van der Waals surface area contributed by atoms with Crippen LogP contribution in [0.15, 0.2) is 41.8 Å². The predicted molar refractivity (Wildman–Crippen MR) is 112 cm³/mol. The summed E-state index contributed by atoms with van der Waals surface area (Å²) in [5, 5.41) is 11.0. The van der Waals surface area contributed by atoms with Crippen molar-refractivity contribution in [2.75, 3.05) is 5.73 Å². The number of hydrogen-bond donors (Lipinski definition) is 2. The molecule has 3 aromatic rings. The minimum atomic E-state index is -4.15. The molecule has 12 heteroatoms. The molecule has 2 saturated heterocycles. The Labute approximate surface area is 184 Å². The molecule has 0 spiro atoms. The van der Waals surface area contributed by atoms with Gasteiger partial charge in [-0.15, -0.1) is 0 Å². The van der Waals surface area contributed by atoms with Crippen molar-refractivity contribution in [2.24, 2.45) is 0 Å². The topological polar surface area (TPSA) is 152 Å². The summed E-state index contributed by atoms with van der Waals surface area (Å²) in [5.41, 5.74) is 5.30. The van der Waals surface area contributed by atoms with Crippen LogP contribution in [0.4, 0.5) is 5.82 Å². The first-order valence-electron chi connectivity index (χ1n) is 10.0. The number of benzene rings is 1. The first-order valence-corrected chi connectivity index (χ1v) is 11.6. The Morgan fingerprint density at radius 1 is 1.16 bits per heavy atom. The van der Waals surface area contributed by atoms with Crippen LogP contribution in [-0.2, 0) is 24.0 Å². The summed E-state index contributed by atoms with van der Waals surface area (Å²) in [6.07, 6.45) is -0.865. The molecule has 0 aliphatic carbocycles. The van der Waals surface area contributed by atoms with Crippen molar-refractivity contribution >= 4 is 26.8 Å². The second-order valence-electron chi connectivity index (χ2n) is 8.34. The maximum atomic E-state index is 13.3. The molecule has 0 amide bonds. The van der Waals surface area contributed by atoms with E-state index in [1.807, 2.05) is 0 Å². The number of aromatic nitrogens is 4. The van der Waals surface area contributed by atoms with Gasteiger partial charge in [-0.25, -0.2) is 23.4 Å². The van der Waals surface area contributed by atoms with Gasteiger partial charge in [-0.05, 0) is 32.4 Å². The molecule has 2 aliphatic rings. The number of ether oxygens (including phenoxy) is 3. The van der Waals surface area contributed by atoms with E-state index in [1.165, 1.54) is 18.7 Å². The third-order valence-electron chi connectivity index (χ3n) is 5.73. The third-order valence-corrected chi connectivity index (χ3v) is 7.70. The number of rotatable bonds is 4. The highest BCUT2D eigenvalue weighted by atomic mass is 32.2. The van der Waals surface area contributed by atoms with Gasteiger partial charge in [0.2, 0.25) is 9.84 Å². The van der Waals surface area contributed by atoms with Gasteiger partial charge in [0, 0.05) is 0 Å². The van der Waals surface area contributed by atoms with Crippen LogP contribution in [0.1, 0.15) is 25.6 Å². The Morgan fingerprint density at radius 2 is 1.88 bits per heavy atom. The maximum absolute atomic E-state index is 13.3. The van der Waals surface area contributed by atoms with Gasteiger partial charge in [0.25, 0.3) is 0 Å². The van der Waals surface area contributed by atoms with Crippen LogP contribution in [0.2, 0.25) is 0 Å². The molecule has 0 bridgehead atoms. The first kappa shape index (κ1) is 21.2. The zero-order valence-corrected chi connectivity index (χ0v) is 18.4. The van der Waals surface area contributed by atoms with E-state index in [0.29, 0.717) is 16.7 Å². The number of aliphatic hydroxyl groups excluding tert-OH is 1. The van der Waals surface area contributed by atoms with Gasteiger partial charge >= 0.3 is 0 Å². The number of anilines is 1. The lowest BCUT2D eigenvalue weighted by molar-refractivity contribution is -0.202. The summed E-state index contributed by atoms with van der Waals surface area (Å²) in [7, 11) is -4.15. The molecule has 11 nitrogen and oxygen atoms in total. The number of sulfone groups is 1. The third kappa shape index (κ3) is 3.18. The van der Waals surface area contributed by atoms with Crippen molar-refractivity contribution in [1.82, 2.24) is 19.5 Å². The summed E-state index contributed by atoms with van der Waals surface area (Å²) in [5.74, 6) is -0.808. The van der Waals surface area contributed by atoms with Gasteiger partial charge in [0.15, 0.2) is 28.9 Å². The molecular weight excluding hydrogens is 438 g/mol. The van der Waals surface area contributed by atoms with Crippen molar-refractivity contribution in [3.8, 4) is 0 Å². The number of fused-ring (bicyclic) bond motifs is 2. The van der Waals surface area contributed by atoms with E-state index >= 15 is 0 Å². The summed E-state index contributed by atoms with van der Waals surface area (Å²) < 4.78 is 46.2. The van der Waals surface area contributed by atoms with Crippen LogP contribution >= 0.6 is 0 Å². The van der Waals surface area contributed by atoms with Crippen molar-refractivity contribution in [3.63, 3.8) is 0 Å². The smallest absolute Gasteiger partial charge is 0.207 e. The normalized spacial score (nSPS) is 28.1. The molecule has 5 atom stereocenters. The number of hydrogen-bond acceptors (Lipinski definition) is 10. The second-order valence-corrected chi connectivity index (χ2v) is 10.4. The summed E-state index contributed by atoms with van der Waals surface area (Å²) >= 11 is 0. The zero-order chi connectivity index (χ0) is 22.8. The number of imidazole rings is 1. The van der Waals surface area contributed by atoms with Crippen molar-refractivity contribution in [1.29, 1.82) is 0 Å². The summed E-state index contributed by atoms with van der Waals surface area (Å²) in [6.45, 7) is 5.10. The Bertz CT molecular complexity index is 1290. The molecule has 3 N–H and O–H groups in total. The first-order chi connectivity index (χ1) is 15.1. The summed E-state index contributed by atoms with van der Waals surface area (Å²) in [6, 6.07) is 6.46. The SMILES string of the molecule is Cc1ccccc1S(=O)(=O)C(O)[C@H]1O[C@@H](n2cnc3c(N)ncnc32)[C@@H]2OC(C)(C)O[C@@H]21. The van der Waals surface area contributed by atoms with Crippen molar-refractivity contribution in [2.45, 2.75) is 61.4 Å². The van der Waals surface area contributed by atoms with E-state index in [2.05, 4.69) is 15.0 Å². The number of aryl methyl sites for hydroxylation is 1. The molecule has 32 heavy (non-hydrogen) atoms. The van der Waals surface area contributed by atoms with E-state index < -0.39 is 45.6 Å². The van der Waals surface area contributed by atoms with Gasteiger partial charge in [-0.2, -0.15) is 0 Å². The average Bonchev–Trinajstić information content (AvgIpc) is 3.39.